The summed E-state index contributed by atoms with van der Waals surface area (Å²) in [4.78, 5) is 87.3. The third-order valence-electron chi connectivity index (χ3n) is 8.27. The third-order valence-corrected chi connectivity index (χ3v) is 8.27. The lowest BCUT2D eigenvalue weighted by Crippen LogP contribution is -2.56. The van der Waals surface area contributed by atoms with Crippen LogP contribution in [-0.4, -0.2) is 81.1 Å². The molecule has 1 rings (SSSR count). The van der Waals surface area contributed by atoms with Gasteiger partial charge in [0.15, 0.2) is 5.60 Å². The van der Waals surface area contributed by atoms with Crippen LogP contribution in [-0.2, 0) is 58.9 Å². The van der Waals surface area contributed by atoms with Gasteiger partial charge in [-0.1, -0.05) is 69.7 Å². The molecule has 302 valence electrons. The van der Waals surface area contributed by atoms with Crippen LogP contribution in [0.4, 0.5) is 0 Å². The predicted octanol–water partition coefficient (Wildman–Crippen LogP) is 4.97. The summed E-state index contributed by atoms with van der Waals surface area (Å²) >= 11 is 0. The number of carbonyl (C=O) groups excluding carboxylic acids is 6. The normalized spacial score (nSPS) is 14.5. The molecule has 0 aromatic heterocycles. The Labute approximate surface area is 316 Å². The van der Waals surface area contributed by atoms with Crippen molar-refractivity contribution in [3.8, 4) is 5.75 Å². The van der Waals surface area contributed by atoms with Gasteiger partial charge in [-0.25, -0.2) is 9.59 Å². The molecule has 0 aliphatic rings. The number of ether oxygens (including phenoxy) is 4. The van der Waals surface area contributed by atoms with Crippen molar-refractivity contribution in [3.63, 3.8) is 0 Å². The van der Waals surface area contributed by atoms with Crippen LogP contribution in [0.5, 0.6) is 5.75 Å². The van der Waals surface area contributed by atoms with E-state index in [9.17, 15) is 48.9 Å². The number of ketones is 1. The van der Waals surface area contributed by atoms with Gasteiger partial charge in [0.05, 0.1) is 12.3 Å². The maximum absolute atomic E-state index is 13.9. The Morgan fingerprint density at radius 2 is 1.31 bits per heavy atom. The molecule has 2 unspecified atom stereocenters. The van der Waals surface area contributed by atoms with Crippen LogP contribution in [0.25, 0.3) is 0 Å². The molecule has 0 aliphatic heterocycles. The maximum atomic E-state index is 13.9. The SMILES string of the molecule is CCCCCCCC(=O)CCCCCC/C=C/[C@H](C(=O)N[C@@H](Cc1ccc(O)cc1)C(=O)OC(C)OC(C)=O)[C@@](O)(CC(=O)OC(C)OC(C)=O)C(=O)O. The summed E-state index contributed by atoms with van der Waals surface area (Å²) in [5, 5.41) is 33.7. The molecule has 0 aliphatic carbocycles. The summed E-state index contributed by atoms with van der Waals surface area (Å²) < 4.78 is 19.7. The fourth-order valence-electron chi connectivity index (χ4n) is 5.53. The molecule has 1 aromatic rings. The van der Waals surface area contributed by atoms with Crippen molar-refractivity contribution in [1.82, 2.24) is 5.32 Å². The van der Waals surface area contributed by atoms with Crippen LogP contribution in [0.2, 0.25) is 0 Å². The van der Waals surface area contributed by atoms with Gasteiger partial charge in [0, 0.05) is 47.0 Å². The van der Waals surface area contributed by atoms with Gasteiger partial charge < -0.3 is 39.6 Å². The van der Waals surface area contributed by atoms with Gasteiger partial charge in [-0.05, 0) is 43.4 Å². The molecule has 0 bridgehead atoms. The lowest BCUT2D eigenvalue weighted by molar-refractivity contribution is -0.192. The fourth-order valence-corrected chi connectivity index (χ4v) is 5.53. The molecule has 1 aromatic carbocycles. The van der Waals surface area contributed by atoms with Crippen LogP contribution < -0.4 is 5.32 Å². The quantitative estimate of drug-likeness (QED) is 0.0401. The molecule has 0 saturated heterocycles. The summed E-state index contributed by atoms with van der Waals surface area (Å²) in [6.45, 7) is 6.76. The molecule has 0 spiro atoms. The average Bonchev–Trinajstić information content (AvgIpc) is 3.06. The van der Waals surface area contributed by atoms with Gasteiger partial charge in [-0.15, -0.1) is 0 Å². The first-order valence-electron chi connectivity index (χ1n) is 18.4. The Balaban J connectivity index is 3.21. The number of carboxylic acids is 1. The highest BCUT2D eigenvalue weighted by atomic mass is 16.7. The second kappa shape index (κ2) is 25.3. The van der Waals surface area contributed by atoms with Gasteiger partial charge in [0.1, 0.15) is 17.6 Å². The van der Waals surface area contributed by atoms with Crippen LogP contribution in [0, 0.1) is 5.92 Å². The average molecular weight is 764 g/mol. The van der Waals surface area contributed by atoms with Crippen molar-refractivity contribution in [2.24, 2.45) is 5.92 Å². The minimum atomic E-state index is -3.11. The number of aliphatic hydroxyl groups is 1. The molecule has 0 fully saturated rings. The fraction of sp³-hybridized carbons (Fsp3) is 0.615. The van der Waals surface area contributed by atoms with Gasteiger partial charge >= 0.3 is 29.8 Å². The highest BCUT2D eigenvalue weighted by molar-refractivity contribution is 5.95. The lowest BCUT2D eigenvalue weighted by Gasteiger charge is -2.30. The van der Waals surface area contributed by atoms with E-state index in [1.807, 2.05) is 0 Å². The number of carboxylic acid groups (broad SMARTS) is 1. The van der Waals surface area contributed by atoms with Crippen LogP contribution >= 0.6 is 0 Å². The molecule has 4 N–H and O–H groups in total. The first kappa shape index (κ1) is 47.2. The number of esters is 4. The number of unbranched alkanes of at least 4 members (excludes halogenated alkanes) is 8. The summed E-state index contributed by atoms with van der Waals surface area (Å²) in [7, 11) is 0. The summed E-state index contributed by atoms with van der Waals surface area (Å²) in [5.41, 5.74) is -2.67. The monoisotopic (exact) mass is 763 g/mol. The van der Waals surface area contributed by atoms with E-state index in [-0.39, 0.29) is 18.0 Å². The number of nitrogens with one attached hydrogen (secondary N) is 1. The van der Waals surface area contributed by atoms with E-state index < -0.39 is 72.3 Å². The van der Waals surface area contributed by atoms with E-state index in [0.717, 1.165) is 64.9 Å². The Bertz CT molecular complexity index is 1410. The number of benzene rings is 1. The van der Waals surface area contributed by atoms with Crippen molar-refractivity contribution in [2.75, 3.05) is 0 Å². The van der Waals surface area contributed by atoms with E-state index in [2.05, 4.69) is 12.2 Å². The van der Waals surface area contributed by atoms with Crippen LogP contribution in [0.1, 0.15) is 124 Å². The summed E-state index contributed by atoms with van der Waals surface area (Å²) in [5.74, 6) is -8.84. The number of hydrogen-bond acceptors (Lipinski definition) is 13. The van der Waals surface area contributed by atoms with Gasteiger partial charge in [0.2, 0.25) is 18.5 Å². The van der Waals surface area contributed by atoms with E-state index in [0.29, 0.717) is 31.2 Å². The lowest BCUT2D eigenvalue weighted by atomic mass is 9.82. The number of Topliss-reactive ketones (excluding diaryl/α,β-unsaturated/α-hetero) is 1. The Kier molecular flexibility index (Phi) is 22.1. The van der Waals surface area contributed by atoms with Gasteiger partial charge in [-0.2, -0.15) is 0 Å². The van der Waals surface area contributed by atoms with Crippen molar-refractivity contribution in [2.45, 2.75) is 149 Å². The number of aromatic hydroxyl groups is 1. The first-order chi connectivity index (χ1) is 25.5. The number of phenols is 1. The largest absolute Gasteiger partial charge is 0.508 e. The number of aliphatic carboxylic acids is 1. The molecule has 15 heteroatoms. The minimum absolute atomic E-state index is 0.0707. The zero-order chi connectivity index (χ0) is 40.7. The predicted molar refractivity (Wildman–Crippen MR) is 194 cm³/mol. The van der Waals surface area contributed by atoms with Crippen LogP contribution in [0.3, 0.4) is 0 Å². The maximum Gasteiger partial charge on any atom is 0.337 e. The topological polar surface area (TPSA) is 229 Å². The second-order valence-electron chi connectivity index (χ2n) is 13.2. The molecule has 15 nitrogen and oxygen atoms in total. The Morgan fingerprint density at radius 1 is 0.778 bits per heavy atom. The Hall–Kier alpha value is -4.79. The van der Waals surface area contributed by atoms with Crippen molar-refractivity contribution in [3.05, 3.63) is 42.0 Å². The first-order valence-corrected chi connectivity index (χ1v) is 18.4. The molecule has 0 saturated carbocycles. The van der Waals surface area contributed by atoms with Crippen molar-refractivity contribution >= 4 is 41.5 Å². The van der Waals surface area contributed by atoms with E-state index in [4.69, 9.17) is 18.9 Å². The van der Waals surface area contributed by atoms with Crippen molar-refractivity contribution < 1.29 is 67.8 Å². The number of rotatable bonds is 27. The van der Waals surface area contributed by atoms with Crippen molar-refractivity contribution in [1.29, 1.82) is 0 Å². The molecule has 1 amide bonds. The second-order valence-corrected chi connectivity index (χ2v) is 13.2. The molecular formula is C39H57NO14. The Morgan fingerprint density at radius 3 is 1.85 bits per heavy atom. The van der Waals surface area contributed by atoms with Crippen LogP contribution in [0.15, 0.2) is 36.4 Å². The summed E-state index contributed by atoms with van der Waals surface area (Å²) in [6.07, 6.45) is 7.98. The number of allylic oxidation sites excluding steroid dienone is 1. The zero-order valence-corrected chi connectivity index (χ0v) is 32.0. The number of phenolic OH excluding ortho intramolecular Hbond substituents is 1. The molecule has 5 atom stereocenters. The number of amides is 1. The smallest absolute Gasteiger partial charge is 0.337 e. The standard InChI is InChI=1S/C39H57NO14/c1-6-7-8-11-14-17-31(43)18-15-12-9-10-13-16-19-33(39(50,38(48)49)25-35(45)53-28(4)51-26(2)41)36(46)40-34(24-30-20-22-32(44)23-21-30)37(47)54-29(5)52-27(3)42/h16,19-23,28-29,33-34,44,50H,6-15,17-18,24-25H2,1-5H3,(H,40,46)(H,48,49)/b19-16+/t28?,29?,33-,34+,39+/m1/s1. The van der Waals surface area contributed by atoms with E-state index >= 15 is 0 Å². The highest BCUT2D eigenvalue weighted by Gasteiger charge is 2.50. The molecular weight excluding hydrogens is 706 g/mol. The van der Waals surface area contributed by atoms with E-state index in [1.54, 1.807) is 0 Å². The zero-order valence-electron chi connectivity index (χ0n) is 32.0. The van der Waals surface area contributed by atoms with E-state index in [1.165, 1.54) is 50.6 Å². The molecule has 54 heavy (non-hydrogen) atoms. The van der Waals surface area contributed by atoms with Gasteiger partial charge in [-0.3, -0.25) is 24.0 Å². The molecule has 0 heterocycles. The number of carbonyl (C=O) groups is 7. The molecule has 0 radical (unpaired) electrons. The number of hydrogen-bond donors (Lipinski definition) is 4. The minimum Gasteiger partial charge on any atom is -0.508 e. The van der Waals surface area contributed by atoms with Gasteiger partial charge in [0.25, 0.3) is 0 Å². The third kappa shape index (κ3) is 19.3. The summed E-state index contributed by atoms with van der Waals surface area (Å²) in [6, 6.07) is 4.08. The highest BCUT2D eigenvalue weighted by Crippen LogP contribution is 2.27.